The number of thioether (sulfide) groups is 1. The topological polar surface area (TPSA) is 3.24 Å². The molecule has 0 N–H and O–H groups in total. The fourth-order valence-electron chi connectivity index (χ4n) is 2.21. The number of nitrogens with zero attached hydrogens (tertiary/aromatic N) is 1. The van der Waals surface area contributed by atoms with Crippen molar-refractivity contribution in [2.45, 2.75) is 38.7 Å². The Balaban J connectivity index is 2.58. The smallest absolute Gasteiger partial charge is 0.294 e. The highest BCUT2D eigenvalue weighted by Gasteiger charge is 2.31. The Bertz CT molecular complexity index is 398. The van der Waals surface area contributed by atoms with E-state index in [1.165, 1.54) is 0 Å². The second-order valence-electron chi connectivity index (χ2n) is 5.23. The molecule has 0 saturated carbocycles. The third kappa shape index (κ3) is 4.93. The highest BCUT2D eigenvalue weighted by Crippen LogP contribution is 2.37. The fourth-order valence-corrected chi connectivity index (χ4v) is 3.43. The van der Waals surface area contributed by atoms with Gasteiger partial charge in [-0.15, -0.1) is 11.8 Å². The van der Waals surface area contributed by atoms with E-state index in [-0.39, 0.29) is 4.90 Å². The van der Waals surface area contributed by atoms with Crippen molar-refractivity contribution >= 4 is 11.8 Å². The van der Waals surface area contributed by atoms with E-state index in [4.69, 9.17) is 0 Å². The molecule has 3 atom stereocenters. The van der Waals surface area contributed by atoms with Gasteiger partial charge in [0.05, 0.1) is 0 Å². The van der Waals surface area contributed by atoms with Gasteiger partial charge in [0.2, 0.25) is 0 Å². The van der Waals surface area contributed by atoms with Crippen molar-refractivity contribution in [2.75, 3.05) is 7.05 Å². The SMILES string of the molecule is C/C=C(\C=C/N(C)C(F)(F)F)CC(C)C1SC=CC1C. The third-order valence-corrected chi connectivity index (χ3v) is 5.06. The van der Waals surface area contributed by atoms with Gasteiger partial charge < -0.3 is 0 Å². The molecule has 0 amide bonds. The van der Waals surface area contributed by atoms with Gasteiger partial charge in [-0.1, -0.05) is 31.6 Å². The highest BCUT2D eigenvalue weighted by molar-refractivity contribution is 8.03. The van der Waals surface area contributed by atoms with Crippen LogP contribution >= 0.6 is 11.8 Å². The van der Waals surface area contributed by atoms with Gasteiger partial charge >= 0.3 is 6.30 Å². The summed E-state index contributed by atoms with van der Waals surface area (Å²) in [5, 5.41) is 2.63. The minimum Gasteiger partial charge on any atom is -0.294 e. The Hall–Kier alpha value is -0.840. The standard InChI is InChI=1S/C15H22F3NS/c1-5-13(6-8-19(4)15(16,17)18)10-12(3)14-11(2)7-9-20-14/h5-9,11-12,14H,10H2,1-4H3/b8-6-,13-5+. The molecule has 0 radical (unpaired) electrons. The summed E-state index contributed by atoms with van der Waals surface area (Å²) in [5.41, 5.74) is 0.938. The van der Waals surface area contributed by atoms with Gasteiger partial charge in [0, 0.05) is 18.5 Å². The van der Waals surface area contributed by atoms with E-state index in [1.807, 2.05) is 24.8 Å². The zero-order chi connectivity index (χ0) is 15.3. The van der Waals surface area contributed by atoms with E-state index in [1.54, 1.807) is 6.08 Å². The van der Waals surface area contributed by atoms with Crippen molar-refractivity contribution in [1.29, 1.82) is 0 Å². The van der Waals surface area contributed by atoms with Crippen molar-refractivity contribution in [3.05, 3.63) is 35.4 Å². The first-order valence-corrected chi connectivity index (χ1v) is 7.65. The van der Waals surface area contributed by atoms with E-state index in [9.17, 15) is 13.2 Å². The molecule has 0 saturated heterocycles. The maximum Gasteiger partial charge on any atom is 0.484 e. The quantitative estimate of drug-likeness (QED) is 0.508. The number of halogens is 3. The molecule has 0 bridgehead atoms. The van der Waals surface area contributed by atoms with Crippen LogP contribution in [-0.4, -0.2) is 23.5 Å². The molecule has 0 aromatic carbocycles. The van der Waals surface area contributed by atoms with Crippen LogP contribution in [0.4, 0.5) is 13.2 Å². The molecule has 3 unspecified atom stereocenters. The molecule has 20 heavy (non-hydrogen) atoms. The number of hydrogen-bond acceptors (Lipinski definition) is 2. The molecule has 5 heteroatoms. The van der Waals surface area contributed by atoms with E-state index in [0.717, 1.165) is 25.2 Å². The second-order valence-corrected chi connectivity index (χ2v) is 6.32. The monoisotopic (exact) mass is 305 g/mol. The maximum absolute atomic E-state index is 12.4. The Labute approximate surface area is 123 Å². The first-order valence-electron chi connectivity index (χ1n) is 6.71. The van der Waals surface area contributed by atoms with Gasteiger partial charge in [0.25, 0.3) is 0 Å². The zero-order valence-electron chi connectivity index (χ0n) is 12.3. The molecule has 1 heterocycles. The van der Waals surface area contributed by atoms with Crippen LogP contribution in [-0.2, 0) is 0 Å². The first-order chi connectivity index (χ1) is 9.25. The summed E-state index contributed by atoms with van der Waals surface area (Å²) in [7, 11) is 1.02. The summed E-state index contributed by atoms with van der Waals surface area (Å²) in [5.74, 6) is 0.951. The van der Waals surface area contributed by atoms with Crippen LogP contribution < -0.4 is 0 Å². The number of alkyl halides is 3. The third-order valence-electron chi connectivity index (χ3n) is 3.54. The molecule has 0 spiro atoms. The van der Waals surface area contributed by atoms with Crippen LogP contribution in [0.15, 0.2) is 35.4 Å². The van der Waals surface area contributed by atoms with E-state index in [2.05, 4.69) is 25.3 Å². The molecule has 1 aliphatic heterocycles. The summed E-state index contributed by atoms with van der Waals surface area (Å²) >= 11 is 1.82. The van der Waals surface area contributed by atoms with Crippen LogP contribution in [0.2, 0.25) is 0 Å². The Kier molecular flexibility index (Phi) is 6.24. The van der Waals surface area contributed by atoms with Crippen molar-refractivity contribution in [3.63, 3.8) is 0 Å². The Morgan fingerprint density at radius 3 is 2.55 bits per heavy atom. The lowest BCUT2D eigenvalue weighted by atomic mass is 9.91. The molecule has 0 fully saturated rings. The summed E-state index contributed by atoms with van der Waals surface area (Å²) in [6.07, 6.45) is 3.19. The van der Waals surface area contributed by atoms with Gasteiger partial charge in [0.1, 0.15) is 0 Å². The van der Waals surface area contributed by atoms with Crippen LogP contribution in [0.5, 0.6) is 0 Å². The predicted molar refractivity (Wildman–Crippen MR) is 80.2 cm³/mol. The molecule has 1 aliphatic rings. The lowest BCUT2D eigenvalue weighted by molar-refractivity contribution is -0.218. The zero-order valence-corrected chi connectivity index (χ0v) is 13.1. The molecule has 0 aromatic rings. The maximum atomic E-state index is 12.4. The van der Waals surface area contributed by atoms with Gasteiger partial charge in [-0.2, -0.15) is 13.2 Å². The second kappa shape index (κ2) is 7.25. The number of allylic oxidation sites excluding steroid dienone is 4. The van der Waals surface area contributed by atoms with Crippen molar-refractivity contribution < 1.29 is 13.2 Å². The van der Waals surface area contributed by atoms with Crippen molar-refractivity contribution in [3.8, 4) is 0 Å². The lowest BCUT2D eigenvalue weighted by Crippen LogP contribution is -2.29. The molecule has 0 aromatic heterocycles. The summed E-state index contributed by atoms with van der Waals surface area (Å²) < 4.78 is 37.2. The Morgan fingerprint density at radius 1 is 1.45 bits per heavy atom. The number of rotatable bonds is 5. The Morgan fingerprint density at radius 2 is 2.10 bits per heavy atom. The molecule has 1 nitrogen and oxygen atoms in total. The van der Waals surface area contributed by atoms with Gasteiger partial charge in [0.15, 0.2) is 0 Å². The van der Waals surface area contributed by atoms with Crippen molar-refractivity contribution in [1.82, 2.24) is 4.90 Å². The summed E-state index contributed by atoms with van der Waals surface area (Å²) in [6.45, 7) is 6.20. The molecular weight excluding hydrogens is 283 g/mol. The van der Waals surface area contributed by atoms with Crippen LogP contribution in [0.1, 0.15) is 27.2 Å². The summed E-state index contributed by atoms with van der Waals surface area (Å²) in [4.78, 5) is 0.273. The molecule has 0 aliphatic carbocycles. The average Bonchev–Trinajstić information content (AvgIpc) is 2.78. The van der Waals surface area contributed by atoms with Gasteiger partial charge in [-0.25, -0.2) is 0 Å². The minimum absolute atomic E-state index is 0.273. The molecular formula is C15H22F3NS. The summed E-state index contributed by atoms with van der Waals surface area (Å²) in [6, 6.07) is 0. The fraction of sp³-hybridized carbons (Fsp3) is 0.600. The normalized spacial score (nSPS) is 25.4. The van der Waals surface area contributed by atoms with Gasteiger partial charge in [-0.05, 0) is 36.7 Å². The van der Waals surface area contributed by atoms with E-state index in [0.29, 0.717) is 17.1 Å². The predicted octanol–water partition coefficient (Wildman–Crippen LogP) is 5.19. The molecule has 114 valence electrons. The van der Waals surface area contributed by atoms with Crippen LogP contribution in [0.3, 0.4) is 0 Å². The van der Waals surface area contributed by atoms with Crippen LogP contribution in [0, 0.1) is 11.8 Å². The van der Waals surface area contributed by atoms with Crippen molar-refractivity contribution in [2.24, 2.45) is 11.8 Å². The van der Waals surface area contributed by atoms with Gasteiger partial charge in [-0.3, -0.25) is 4.90 Å². The number of hydrogen-bond donors (Lipinski definition) is 0. The largest absolute Gasteiger partial charge is 0.484 e. The first kappa shape index (κ1) is 17.2. The van der Waals surface area contributed by atoms with E-state index >= 15 is 0 Å². The average molecular weight is 305 g/mol. The van der Waals surface area contributed by atoms with E-state index < -0.39 is 6.30 Å². The van der Waals surface area contributed by atoms with Crippen LogP contribution in [0.25, 0.3) is 0 Å². The lowest BCUT2D eigenvalue weighted by Gasteiger charge is -2.23. The minimum atomic E-state index is -4.32. The highest BCUT2D eigenvalue weighted by atomic mass is 32.2. The molecule has 1 rings (SSSR count).